The first kappa shape index (κ1) is 5.94. The minimum absolute atomic E-state index is 0.109. The molecule has 2 N–H and O–H groups in total. The Hall–Kier alpha value is -1.19. The van der Waals surface area contributed by atoms with Gasteiger partial charge < -0.3 is 5.73 Å². The van der Waals surface area contributed by atoms with Gasteiger partial charge in [-0.15, -0.1) is 0 Å². The molecular formula is C5H6FN3. The zero-order chi connectivity index (χ0) is 6.85. The maximum atomic E-state index is 12.3. The standard InChI is InChI=1S/C5H6FN3/c1-3-5(6)9-4(7)2-8-3/h2H,1H3,(H2,7,9). The first-order chi connectivity index (χ1) is 4.20. The van der Waals surface area contributed by atoms with E-state index in [1.165, 1.54) is 13.1 Å². The van der Waals surface area contributed by atoms with Gasteiger partial charge in [-0.2, -0.15) is 9.37 Å². The van der Waals surface area contributed by atoms with Crippen molar-refractivity contribution in [2.45, 2.75) is 6.92 Å². The van der Waals surface area contributed by atoms with E-state index in [9.17, 15) is 4.39 Å². The average molecular weight is 127 g/mol. The van der Waals surface area contributed by atoms with Gasteiger partial charge in [-0.3, -0.25) is 4.98 Å². The van der Waals surface area contributed by atoms with E-state index in [2.05, 4.69) is 9.97 Å². The van der Waals surface area contributed by atoms with Crippen molar-refractivity contribution in [2.24, 2.45) is 0 Å². The van der Waals surface area contributed by atoms with Crippen molar-refractivity contribution in [3.05, 3.63) is 17.8 Å². The largest absolute Gasteiger partial charge is 0.382 e. The Kier molecular flexibility index (Phi) is 1.30. The van der Waals surface area contributed by atoms with Crippen LogP contribution in [0.15, 0.2) is 6.20 Å². The highest BCUT2D eigenvalue weighted by molar-refractivity contribution is 5.23. The van der Waals surface area contributed by atoms with Crippen LogP contribution >= 0.6 is 0 Å². The summed E-state index contributed by atoms with van der Waals surface area (Å²) in [7, 11) is 0. The first-order valence-corrected chi connectivity index (χ1v) is 2.45. The maximum Gasteiger partial charge on any atom is 0.236 e. The molecule has 0 saturated heterocycles. The van der Waals surface area contributed by atoms with Crippen molar-refractivity contribution in [3.8, 4) is 0 Å². The third kappa shape index (κ3) is 1.13. The van der Waals surface area contributed by atoms with Gasteiger partial charge in [0.2, 0.25) is 5.95 Å². The number of halogens is 1. The lowest BCUT2D eigenvalue weighted by Gasteiger charge is -1.92. The Labute approximate surface area is 51.7 Å². The molecule has 0 atom stereocenters. The van der Waals surface area contributed by atoms with Crippen molar-refractivity contribution in [1.29, 1.82) is 0 Å². The quantitative estimate of drug-likeness (QED) is 0.552. The normalized spacial score (nSPS) is 9.56. The number of anilines is 1. The van der Waals surface area contributed by atoms with Crippen LogP contribution < -0.4 is 5.73 Å². The molecule has 4 heteroatoms. The second kappa shape index (κ2) is 1.97. The van der Waals surface area contributed by atoms with E-state index in [0.717, 1.165) is 0 Å². The Morgan fingerprint density at radius 3 is 2.78 bits per heavy atom. The molecule has 0 aliphatic heterocycles. The SMILES string of the molecule is Cc1ncc(N)nc1F. The number of nitrogen functional groups attached to an aromatic ring is 1. The fourth-order valence-corrected chi connectivity index (χ4v) is 0.439. The van der Waals surface area contributed by atoms with Gasteiger partial charge in [-0.05, 0) is 6.92 Å². The van der Waals surface area contributed by atoms with Gasteiger partial charge in [0.25, 0.3) is 0 Å². The molecule has 0 aromatic carbocycles. The molecule has 0 saturated carbocycles. The molecule has 0 aliphatic rings. The lowest BCUT2D eigenvalue weighted by atomic mass is 10.5. The van der Waals surface area contributed by atoms with Gasteiger partial charge in [0.1, 0.15) is 5.82 Å². The van der Waals surface area contributed by atoms with Crippen molar-refractivity contribution in [2.75, 3.05) is 5.73 Å². The number of hydrogen-bond donors (Lipinski definition) is 1. The summed E-state index contributed by atoms with van der Waals surface area (Å²) in [6, 6.07) is 0. The molecule has 0 spiro atoms. The summed E-state index contributed by atoms with van der Waals surface area (Å²) in [6.07, 6.45) is 1.32. The fraction of sp³-hybridized carbons (Fsp3) is 0.200. The Morgan fingerprint density at radius 2 is 2.33 bits per heavy atom. The van der Waals surface area contributed by atoms with E-state index < -0.39 is 5.95 Å². The number of hydrogen-bond acceptors (Lipinski definition) is 3. The van der Waals surface area contributed by atoms with Crippen LogP contribution in [-0.4, -0.2) is 9.97 Å². The fourth-order valence-electron chi connectivity index (χ4n) is 0.439. The highest BCUT2D eigenvalue weighted by atomic mass is 19.1. The Balaban J connectivity index is 3.17. The topological polar surface area (TPSA) is 51.8 Å². The molecule has 1 rings (SSSR count). The summed E-state index contributed by atoms with van der Waals surface area (Å²) in [5, 5.41) is 0. The number of nitrogens with two attached hydrogens (primary N) is 1. The molecule has 1 heterocycles. The van der Waals surface area contributed by atoms with Crippen molar-refractivity contribution >= 4 is 5.82 Å². The van der Waals surface area contributed by atoms with Crippen LogP contribution in [0.2, 0.25) is 0 Å². The van der Waals surface area contributed by atoms with Gasteiger partial charge in [0.05, 0.1) is 11.9 Å². The van der Waals surface area contributed by atoms with Crippen molar-refractivity contribution in [3.63, 3.8) is 0 Å². The van der Waals surface area contributed by atoms with E-state index in [0.29, 0.717) is 0 Å². The molecule has 0 fully saturated rings. The summed E-state index contributed by atoms with van der Waals surface area (Å²) in [5.74, 6) is -0.492. The average Bonchev–Trinajstić information content (AvgIpc) is 1.80. The van der Waals surface area contributed by atoms with Gasteiger partial charge in [0, 0.05) is 0 Å². The molecule has 1 aromatic heterocycles. The van der Waals surface area contributed by atoms with Gasteiger partial charge in [-0.25, -0.2) is 0 Å². The van der Waals surface area contributed by atoms with Crippen LogP contribution in [0.25, 0.3) is 0 Å². The lowest BCUT2D eigenvalue weighted by molar-refractivity contribution is 0.567. The van der Waals surface area contributed by atoms with Crippen molar-refractivity contribution < 1.29 is 4.39 Å². The third-order valence-electron chi connectivity index (χ3n) is 0.916. The number of aromatic nitrogens is 2. The zero-order valence-electron chi connectivity index (χ0n) is 4.93. The predicted octanol–water partition coefficient (Wildman–Crippen LogP) is 0.506. The molecule has 3 nitrogen and oxygen atoms in total. The lowest BCUT2D eigenvalue weighted by Crippen LogP contribution is -1.97. The highest BCUT2D eigenvalue weighted by Gasteiger charge is 1.97. The molecule has 1 aromatic rings. The van der Waals surface area contributed by atoms with Crippen LogP contribution in [0.1, 0.15) is 5.69 Å². The summed E-state index contributed by atoms with van der Waals surface area (Å²) >= 11 is 0. The highest BCUT2D eigenvalue weighted by Crippen LogP contribution is 1.99. The number of nitrogens with zero attached hydrogens (tertiary/aromatic N) is 2. The van der Waals surface area contributed by atoms with Gasteiger partial charge in [0.15, 0.2) is 0 Å². The zero-order valence-corrected chi connectivity index (χ0v) is 4.93. The molecule has 48 valence electrons. The second-order valence-electron chi connectivity index (χ2n) is 1.67. The van der Waals surface area contributed by atoms with Crippen molar-refractivity contribution in [1.82, 2.24) is 9.97 Å². The summed E-state index contributed by atoms with van der Waals surface area (Å²) in [5.41, 5.74) is 5.38. The molecule has 9 heavy (non-hydrogen) atoms. The van der Waals surface area contributed by atoms with Crippen LogP contribution in [-0.2, 0) is 0 Å². The molecule has 0 radical (unpaired) electrons. The predicted molar refractivity (Wildman–Crippen MR) is 31.1 cm³/mol. The number of rotatable bonds is 0. The smallest absolute Gasteiger partial charge is 0.236 e. The molecule has 0 aliphatic carbocycles. The molecule has 0 bridgehead atoms. The Bertz CT molecular complexity index is 223. The number of aryl methyl sites for hydroxylation is 1. The van der Waals surface area contributed by atoms with Gasteiger partial charge in [-0.1, -0.05) is 0 Å². The minimum atomic E-state index is -0.602. The van der Waals surface area contributed by atoms with E-state index in [-0.39, 0.29) is 11.5 Å². The summed E-state index contributed by atoms with van der Waals surface area (Å²) in [6.45, 7) is 1.53. The summed E-state index contributed by atoms with van der Waals surface area (Å²) < 4.78 is 12.3. The molecular weight excluding hydrogens is 121 g/mol. The molecule has 0 amide bonds. The van der Waals surface area contributed by atoms with Gasteiger partial charge >= 0.3 is 0 Å². The van der Waals surface area contributed by atoms with Crippen LogP contribution in [0, 0.1) is 12.9 Å². The van der Waals surface area contributed by atoms with Crippen LogP contribution in [0.5, 0.6) is 0 Å². The van der Waals surface area contributed by atoms with E-state index >= 15 is 0 Å². The van der Waals surface area contributed by atoms with E-state index in [4.69, 9.17) is 5.73 Å². The van der Waals surface area contributed by atoms with Crippen LogP contribution in [0.4, 0.5) is 10.2 Å². The second-order valence-corrected chi connectivity index (χ2v) is 1.67. The third-order valence-corrected chi connectivity index (χ3v) is 0.916. The minimum Gasteiger partial charge on any atom is -0.382 e. The van der Waals surface area contributed by atoms with E-state index in [1.807, 2.05) is 0 Å². The Morgan fingerprint density at radius 1 is 1.67 bits per heavy atom. The first-order valence-electron chi connectivity index (χ1n) is 2.45. The summed E-state index contributed by atoms with van der Waals surface area (Å²) in [4.78, 5) is 6.94. The maximum absolute atomic E-state index is 12.3. The molecule has 0 unspecified atom stereocenters. The van der Waals surface area contributed by atoms with Crippen LogP contribution in [0.3, 0.4) is 0 Å². The monoisotopic (exact) mass is 127 g/mol. The van der Waals surface area contributed by atoms with E-state index in [1.54, 1.807) is 0 Å².